The van der Waals surface area contributed by atoms with Crippen LogP contribution < -0.4 is 0 Å². The average Bonchev–Trinajstić information content (AvgIpc) is 1.99. The number of rotatable bonds is 2. The molecule has 0 saturated carbocycles. The Balaban J connectivity index is 2.71. The lowest BCUT2D eigenvalue weighted by atomic mass is 9.95. The minimum atomic E-state index is -0.265. The highest BCUT2D eigenvalue weighted by atomic mass is 79.9. The van der Waals surface area contributed by atoms with E-state index in [1.807, 2.05) is 6.08 Å². The fourth-order valence-electron chi connectivity index (χ4n) is 1.36. The first-order valence-corrected chi connectivity index (χ1v) is 4.71. The van der Waals surface area contributed by atoms with Gasteiger partial charge in [-0.1, -0.05) is 27.6 Å². The molecule has 2 heteroatoms. The van der Waals surface area contributed by atoms with Crippen LogP contribution in [-0.4, -0.2) is 11.2 Å². The lowest BCUT2D eigenvalue weighted by Gasteiger charge is -2.20. The molecule has 1 N–H and O–H groups in total. The van der Waals surface area contributed by atoms with Gasteiger partial charge in [-0.05, 0) is 25.7 Å². The van der Waals surface area contributed by atoms with E-state index in [0.29, 0.717) is 0 Å². The fraction of sp³-hybridized carbons (Fsp3) is 0.556. The van der Waals surface area contributed by atoms with Crippen LogP contribution in [0.15, 0.2) is 22.7 Å². The summed E-state index contributed by atoms with van der Waals surface area (Å²) in [5, 5.41) is 9.44. The monoisotopic (exact) mass is 216 g/mol. The molecule has 1 rings (SSSR count). The smallest absolute Gasteiger partial charge is 0.0854 e. The summed E-state index contributed by atoms with van der Waals surface area (Å²) in [4.78, 5) is 0. The van der Waals surface area contributed by atoms with Crippen molar-refractivity contribution in [3.63, 3.8) is 0 Å². The first kappa shape index (κ1) is 9.01. The summed E-state index contributed by atoms with van der Waals surface area (Å²) in [5.41, 5.74) is 1.30. The zero-order valence-electron chi connectivity index (χ0n) is 6.52. The molecule has 0 aliphatic heterocycles. The average molecular weight is 217 g/mol. The number of hydrogen-bond acceptors (Lipinski definition) is 1. The van der Waals surface area contributed by atoms with E-state index in [4.69, 9.17) is 0 Å². The quantitative estimate of drug-likeness (QED) is 0.705. The maximum Gasteiger partial charge on any atom is 0.0854 e. The molecule has 1 unspecified atom stereocenters. The normalized spacial score (nSPS) is 25.5. The van der Waals surface area contributed by atoms with Crippen molar-refractivity contribution in [3.8, 4) is 0 Å². The zero-order valence-corrected chi connectivity index (χ0v) is 8.10. The van der Waals surface area contributed by atoms with Gasteiger partial charge in [0.25, 0.3) is 0 Å². The van der Waals surface area contributed by atoms with Crippen molar-refractivity contribution >= 4 is 15.9 Å². The van der Waals surface area contributed by atoms with Crippen LogP contribution in [0.25, 0.3) is 0 Å². The van der Waals surface area contributed by atoms with Crippen molar-refractivity contribution in [2.24, 2.45) is 0 Å². The van der Waals surface area contributed by atoms with Crippen LogP contribution in [0.4, 0.5) is 0 Å². The molecule has 0 radical (unpaired) electrons. The third kappa shape index (κ3) is 2.17. The van der Waals surface area contributed by atoms with Gasteiger partial charge in [0, 0.05) is 4.48 Å². The van der Waals surface area contributed by atoms with Crippen LogP contribution in [0.3, 0.4) is 0 Å². The standard InChI is InChI=1S/C9H13BrO/c1-2-4-7-5-3-6-8(11)9(7)10/h2,8,11H,1,3-6H2. The van der Waals surface area contributed by atoms with Gasteiger partial charge in [0.05, 0.1) is 6.10 Å². The number of halogens is 1. The van der Waals surface area contributed by atoms with E-state index in [1.54, 1.807) is 0 Å². The second kappa shape index (κ2) is 4.07. The van der Waals surface area contributed by atoms with Gasteiger partial charge in [-0.2, -0.15) is 0 Å². The Morgan fingerprint density at radius 2 is 2.45 bits per heavy atom. The van der Waals surface area contributed by atoms with Gasteiger partial charge < -0.3 is 5.11 Å². The lowest BCUT2D eigenvalue weighted by molar-refractivity contribution is 0.198. The van der Waals surface area contributed by atoms with Gasteiger partial charge in [0.15, 0.2) is 0 Å². The summed E-state index contributed by atoms with van der Waals surface area (Å²) in [6.07, 6.45) is 5.61. The predicted octanol–water partition coefficient (Wildman–Crippen LogP) is 2.76. The molecule has 0 aromatic rings. The number of aliphatic hydroxyl groups excluding tert-OH is 1. The van der Waals surface area contributed by atoms with Crippen molar-refractivity contribution in [3.05, 3.63) is 22.7 Å². The Labute approximate surface area is 75.9 Å². The van der Waals surface area contributed by atoms with Gasteiger partial charge in [0.2, 0.25) is 0 Å². The minimum Gasteiger partial charge on any atom is -0.388 e. The molecule has 0 amide bonds. The molecule has 1 nitrogen and oxygen atoms in total. The highest BCUT2D eigenvalue weighted by Gasteiger charge is 2.17. The van der Waals surface area contributed by atoms with Gasteiger partial charge in [-0.3, -0.25) is 0 Å². The highest BCUT2D eigenvalue weighted by molar-refractivity contribution is 9.11. The van der Waals surface area contributed by atoms with Crippen molar-refractivity contribution in [1.29, 1.82) is 0 Å². The van der Waals surface area contributed by atoms with Gasteiger partial charge in [-0.15, -0.1) is 6.58 Å². The Morgan fingerprint density at radius 1 is 1.73 bits per heavy atom. The van der Waals surface area contributed by atoms with Gasteiger partial charge >= 0.3 is 0 Å². The SMILES string of the molecule is C=CCC1=C(Br)C(O)CCC1. The molecule has 0 spiro atoms. The highest BCUT2D eigenvalue weighted by Crippen LogP contribution is 2.31. The summed E-state index contributed by atoms with van der Waals surface area (Å²) < 4.78 is 0.989. The number of allylic oxidation sites excluding steroid dienone is 2. The number of hydrogen-bond donors (Lipinski definition) is 1. The second-order valence-electron chi connectivity index (χ2n) is 2.85. The van der Waals surface area contributed by atoms with Crippen LogP contribution >= 0.6 is 15.9 Å². The van der Waals surface area contributed by atoms with E-state index in [0.717, 1.165) is 30.2 Å². The Hall–Kier alpha value is -0.0800. The maximum absolute atomic E-state index is 9.44. The number of aliphatic hydroxyl groups is 1. The third-order valence-corrected chi connectivity index (χ3v) is 3.07. The molecular formula is C9H13BrO. The molecule has 0 aromatic heterocycles. The summed E-state index contributed by atoms with van der Waals surface area (Å²) in [7, 11) is 0. The van der Waals surface area contributed by atoms with Crippen LogP contribution in [-0.2, 0) is 0 Å². The molecule has 0 fully saturated rings. The van der Waals surface area contributed by atoms with E-state index >= 15 is 0 Å². The molecular weight excluding hydrogens is 204 g/mol. The maximum atomic E-state index is 9.44. The zero-order chi connectivity index (χ0) is 8.27. The van der Waals surface area contributed by atoms with Crippen molar-refractivity contribution < 1.29 is 5.11 Å². The van der Waals surface area contributed by atoms with Crippen LogP contribution in [0, 0.1) is 0 Å². The Bertz CT molecular complexity index is 184. The van der Waals surface area contributed by atoms with Crippen molar-refractivity contribution in [2.45, 2.75) is 31.8 Å². The summed E-state index contributed by atoms with van der Waals surface area (Å²) in [5.74, 6) is 0. The van der Waals surface area contributed by atoms with E-state index in [1.165, 1.54) is 5.57 Å². The van der Waals surface area contributed by atoms with E-state index < -0.39 is 0 Å². The molecule has 1 atom stereocenters. The molecule has 1 aliphatic rings. The molecule has 11 heavy (non-hydrogen) atoms. The summed E-state index contributed by atoms with van der Waals surface area (Å²) in [6.45, 7) is 3.68. The van der Waals surface area contributed by atoms with E-state index in [2.05, 4.69) is 22.5 Å². The topological polar surface area (TPSA) is 20.2 Å². The first-order chi connectivity index (χ1) is 5.25. The molecule has 0 aromatic carbocycles. The largest absolute Gasteiger partial charge is 0.388 e. The van der Waals surface area contributed by atoms with E-state index in [9.17, 15) is 5.11 Å². The second-order valence-corrected chi connectivity index (χ2v) is 3.71. The summed E-state index contributed by atoms with van der Waals surface area (Å²) >= 11 is 3.40. The predicted molar refractivity (Wildman–Crippen MR) is 50.6 cm³/mol. The van der Waals surface area contributed by atoms with Gasteiger partial charge in [0.1, 0.15) is 0 Å². The Morgan fingerprint density at radius 3 is 3.09 bits per heavy atom. The van der Waals surface area contributed by atoms with Crippen LogP contribution in [0.2, 0.25) is 0 Å². The molecule has 0 saturated heterocycles. The van der Waals surface area contributed by atoms with Crippen molar-refractivity contribution in [2.75, 3.05) is 0 Å². The molecule has 0 bridgehead atoms. The minimum absolute atomic E-state index is 0.265. The van der Waals surface area contributed by atoms with Crippen LogP contribution in [0.5, 0.6) is 0 Å². The molecule has 1 aliphatic carbocycles. The van der Waals surface area contributed by atoms with Gasteiger partial charge in [-0.25, -0.2) is 0 Å². The van der Waals surface area contributed by atoms with E-state index in [-0.39, 0.29) is 6.10 Å². The Kier molecular flexibility index (Phi) is 3.34. The molecule has 62 valence electrons. The van der Waals surface area contributed by atoms with Crippen LogP contribution in [0.1, 0.15) is 25.7 Å². The third-order valence-electron chi connectivity index (χ3n) is 1.98. The molecule has 0 heterocycles. The summed E-state index contributed by atoms with van der Waals surface area (Å²) in [6, 6.07) is 0. The lowest BCUT2D eigenvalue weighted by Crippen LogP contribution is -2.13. The van der Waals surface area contributed by atoms with Crippen molar-refractivity contribution in [1.82, 2.24) is 0 Å². The first-order valence-electron chi connectivity index (χ1n) is 3.92. The fourth-order valence-corrected chi connectivity index (χ4v) is 1.95.